The van der Waals surface area contributed by atoms with Crippen LogP contribution >= 0.6 is 0 Å². The van der Waals surface area contributed by atoms with Gasteiger partial charge in [-0.2, -0.15) is 13.2 Å². The molecule has 0 aromatic heterocycles. The maximum Gasteiger partial charge on any atom is 0.416 e. The Labute approximate surface area is 129 Å². The number of nitrogens with zero attached hydrogens (tertiary/aromatic N) is 2. The number of cyclic esters (lactones) is 1. The summed E-state index contributed by atoms with van der Waals surface area (Å²) in [6, 6.07) is 2.25. The number of rotatable bonds is 5. The van der Waals surface area contributed by atoms with Crippen LogP contribution < -0.4 is 5.32 Å². The maximum atomic E-state index is 12.6. The zero-order valence-electron chi connectivity index (χ0n) is 12.1. The molecular formula is C13H14F3N3O4. The van der Waals surface area contributed by atoms with Crippen LogP contribution in [0.5, 0.6) is 0 Å². The fourth-order valence-electron chi connectivity index (χ4n) is 2.19. The van der Waals surface area contributed by atoms with Crippen LogP contribution in [0.3, 0.4) is 0 Å². The molecule has 0 unspecified atom stereocenters. The second-order valence-electron chi connectivity index (χ2n) is 5.05. The zero-order valence-corrected chi connectivity index (χ0v) is 12.1. The number of halogens is 3. The SMILES string of the molecule is C[C@@H]1CN(CCNc2ccc(C(F)(F)F)cc2[N+](=O)[O-])C(=O)O1. The first-order valence-electron chi connectivity index (χ1n) is 6.73. The Balaban J connectivity index is 2.05. The second-order valence-corrected chi connectivity index (χ2v) is 5.05. The minimum atomic E-state index is -4.65. The zero-order chi connectivity index (χ0) is 17.2. The molecule has 23 heavy (non-hydrogen) atoms. The molecule has 1 fully saturated rings. The topological polar surface area (TPSA) is 84.7 Å². The van der Waals surface area contributed by atoms with Crippen LogP contribution in [0.2, 0.25) is 0 Å². The normalized spacial score (nSPS) is 18.0. The van der Waals surface area contributed by atoms with Gasteiger partial charge < -0.3 is 15.0 Å². The summed E-state index contributed by atoms with van der Waals surface area (Å²) in [5.74, 6) is 0. The number of ether oxygens (including phenoxy) is 1. The number of nitrogens with one attached hydrogen (secondary N) is 1. The predicted octanol–water partition coefficient (Wildman–Crippen LogP) is 2.87. The van der Waals surface area contributed by atoms with Crippen molar-refractivity contribution in [1.82, 2.24) is 4.90 Å². The lowest BCUT2D eigenvalue weighted by Crippen LogP contribution is -2.30. The molecule has 0 spiro atoms. The number of alkyl halides is 3. The third kappa shape index (κ3) is 4.02. The van der Waals surface area contributed by atoms with E-state index in [-0.39, 0.29) is 24.9 Å². The van der Waals surface area contributed by atoms with E-state index in [1.807, 2.05) is 0 Å². The van der Waals surface area contributed by atoms with E-state index < -0.39 is 28.4 Å². The van der Waals surface area contributed by atoms with Gasteiger partial charge in [-0.15, -0.1) is 0 Å². The molecule has 7 nitrogen and oxygen atoms in total. The Hall–Kier alpha value is -2.52. The summed E-state index contributed by atoms with van der Waals surface area (Å²) in [4.78, 5) is 22.9. The number of hydrogen-bond donors (Lipinski definition) is 1. The van der Waals surface area contributed by atoms with Crippen molar-refractivity contribution in [1.29, 1.82) is 0 Å². The molecule has 1 aromatic rings. The number of carbonyl (C=O) groups is 1. The first-order chi connectivity index (χ1) is 10.7. The highest BCUT2D eigenvalue weighted by Crippen LogP contribution is 2.34. The highest BCUT2D eigenvalue weighted by atomic mass is 19.4. The van der Waals surface area contributed by atoms with Crippen molar-refractivity contribution in [3.63, 3.8) is 0 Å². The molecule has 2 rings (SSSR count). The predicted molar refractivity (Wildman–Crippen MR) is 74.1 cm³/mol. The van der Waals surface area contributed by atoms with Crippen molar-refractivity contribution < 1.29 is 27.6 Å². The van der Waals surface area contributed by atoms with Crippen molar-refractivity contribution in [2.75, 3.05) is 25.0 Å². The van der Waals surface area contributed by atoms with Crippen molar-refractivity contribution >= 4 is 17.5 Å². The number of hydrogen-bond acceptors (Lipinski definition) is 5. The van der Waals surface area contributed by atoms with Crippen LogP contribution in [0.4, 0.5) is 29.3 Å². The summed E-state index contributed by atoms with van der Waals surface area (Å²) in [6.45, 7) is 2.50. The first kappa shape index (κ1) is 16.8. The van der Waals surface area contributed by atoms with Crippen molar-refractivity contribution in [3.05, 3.63) is 33.9 Å². The lowest BCUT2D eigenvalue weighted by atomic mass is 10.1. The molecule has 1 aromatic carbocycles. The molecule has 126 valence electrons. The molecule has 0 saturated carbocycles. The average Bonchev–Trinajstić information content (AvgIpc) is 2.76. The summed E-state index contributed by atoms with van der Waals surface area (Å²) in [6.07, 6.45) is -5.37. The number of benzene rings is 1. The molecule has 1 N–H and O–H groups in total. The Kier molecular flexibility index (Phi) is 4.62. The fraction of sp³-hybridized carbons (Fsp3) is 0.462. The summed E-state index contributed by atoms with van der Waals surface area (Å²) >= 11 is 0. The van der Waals surface area contributed by atoms with E-state index >= 15 is 0 Å². The molecule has 10 heteroatoms. The summed E-state index contributed by atoms with van der Waals surface area (Å²) in [5, 5.41) is 13.6. The lowest BCUT2D eigenvalue weighted by molar-refractivity contribution is -0.384. The van der Waals surface area contributed by atoms with Gasteiger partial charge in [0, 0.05) is 19.2 Å². The van der Waals surface area contributed by atoms with Gasteiger partial charge in [0.25, 0.3) is 5.69 Å². The Morgan fingerprint density at radius 1 is 1.48 bits per heavy atom. The van der Waals surface area contributed by atoms with Crippen LogP contribution in [-0.4, -0.2) is 41.7 Å². The molecule has 1 heterocycles. The van der Waals surface area contributed by atoms with Crippen LogP contribution in [-0.2, 0) is 10.9 Å². The summed E-state index contributed by atoms with van der Waals surface area (Å²) in [7, 11) is 0. The van der Waals surface area contributed by atoms with Crippen molar-refractivity contribution in [2.24, 2.45) is 0 Å². The van der Waals surface area contributed by atoms with Gasteiger partial charge in [0.15, 0.2) is 0 Å². The molecule has 1 aliphatic heterocycles. The van der Waals surface area contributed by atoms with Crippen LogP contribution in [0.25, 0.3) is 0 Å². The van der Waals surface area contributed by atoms with Gasteiger partial charge in [0.1, 0.15) is 11.8 Å². The number of nitro groups is 1. The van der Waals surface area contributed by atoms with E-state index in [0.29, 0.717) is 12.6 Å². The average molecular weight is 333 g/mol. The molecule has 1 aliphatic rings. The monoisotopic (exact) mass is 333 g/mol. The van der Waals surface area contributed by atoms with Gasteiger partial charge in [-0.05, 0) is 19.1 Å². The Morgan fingerprint density at radius 3 is 2.70 bits per heavy atom. The lowest BCUT2D eigenvalue weighted by Gasteiger charge is -2.14. The quantitative estimate of drug-likeness (QED) is 0.661. The Morgan fingerprint density at radius 2 is 2.17 bits per heavy atom. The summed E-state index contributed by atoms with van der Waals surface area (Å²) in [5.41, 5.74) is -1.80. The summed E-state index contributed by atoms with van der Waals surface area (Å²) < 4.78 is 42.7. The van der Waals surface area contributed by atoms with E-state index in [1.54, 1.807) is 6.92 Å². The van der Waals surface area contributed by atoms with Crippen molar-refractivity contribution in [3.8, 4) is 0 Å². The van der Waals surface area contributed by atoms with E-state index in [1.165, 1.54) is 4.90 Å². The maximum absolute atomic E-state index is 12.6. The van der Waals surface area contributed by atoms with Crippen LogP contribution in [0.1, 0.15) is 12.5 Å². The molecule has 0 radical (unpaired) electrons. The van der Waals surface area contributed by atoms with Gasteiger partial charge in [-0.3, -0.25) is 10.1 Å². The molecule has 0 bridgehead atoms. The van der Waals surface area contributed by atoms with E-state index in [9.17, 15) is 28.1 Å². The molecule has 1 atom stereocenters. The molecule has 1 amide bonds. The molecular weight excluding hydrogens is 319 g/mol. The van der Waals surface area contributed by atoms with E-state index in [2.05, 4.69) is 5.32 Å². The van der Waals surface area contributed by atoms with E-state index in [4.69, 9.17) is 4.74 Å². The largest absolute Gasteiger partial charge is 0.445 e. The first-order valence-corrected chi connectivity index (χ1v) is 6.73. The van der Waals surface area contributed by atoms with Gasteiger partial charge in [0.05, 0.1) is 17.0 Å². The third-order valence-electron chi connectivity index (χ3n) is 3.26. The highest BCUT2D eigenvalue weighted by Gasteiger charge is 2.33. The smallest absolute Gasteiger partial charge is 0.416 e. The number of anilines is 1. The third-order valence-corrected chi connectivity index (χ3v) is 3.26. The fourth-order valence-corrected chi connectivity index (χ4v) is 2.19. The number of nitro benzene ring substituents is 1. The minimum Gasteiger partial charge on any atom is -0.445 e. The van der Waals surface area contributed by atoms with Gasteiger partial charge in [-0.1, -0.05) is 0 Å². The minimum absolute atomic E-state index is 0.0383. The van der Waals surface area contributed by atoms with Gasteiger partial charge in [0.2, 0.25) is 0 Å². The highest BCUT2D eigenvalue weighted by molar-refractivity contribution is 5.70. The molecule has 1 saturated heterocycles. The second kappa shape index (κ2) is 6.31. The van der Waals surface area contributed by atoms with Crippen LogP contribution in [0.15, 0.2) is 18.2 Å². The number of carbonyl (C=O) groups excluding carboxylic acids is 1. The van der Waals surface area contributed by atoms with Gasteiger partial charge in [-0.25, -0.2) is 4.79 Å². The van der Waals surface area contributed by atoms with Crippen molar-refractivity contribution in [2.45, 2.75) is 19.2 Å². The number of amides is 1. The van der Waals surface area contributed by atoms with Gasteiger partial charge >= 0.3 is 12.3 Å². The molecule has 0 aliphatic carbocycles. The van der Waals surface area contributed by atoms with E-state index in [0.717, 1.165) is 12.1 Å². The Bertz CT molecular complexity index is 621. The standard InChI is InChI=1S/C13H14F3N3O4/c1-8-7-18(12(20)23-8)5-4-17-10-3-2-9(13(14,15)16)6-11(10)19(21)22/h2-3,6,8,17H,4-5,7H2,1H3/t8-/m1/s1. The van der Waals surface area contributed by atoms with Crippen LogP contribution in [0, 0.1) is 10.1 Å².